The fourth-order valence-corrected chi connectivity index (χ4v) is 3.96. The molecule has 1 amide bonds. The topological polar surface area (TPSA) is 66.5 Å². The predicted molar refractivity (Wildman–Crippen MR) is 95.5 cm³/mol. The minimum Gasteiger partial charge on any atom is -0.374 e. The van der Waals surface area contributed by atoms with Crippen molar-refractivity contribution in [3.05, 3.63) is 71.9 Å². The first-order valence-corrected chi connectivity index (χ1v) is 9.44. The summed E-state index contributed by atoms with van der Waals surface area (Å²) in [5, 5.41) is 3.90. The van der Waals surface area contributed by atoms with Gasteiger partial charge in [0.05, 0.1) is 24.0 Å². The van der Waals surface area contributed by atoms with Crippen LogP contribution >= 0.6 is 0 Å². The summed E-state index contributed by atoms with van der Waals surface area (Å²) in [6.07, 6.45) is 1.50. The number of rotatable bonds is 5. The third-order valence-electron chi connectivity index (χ3n) is 3.85. The molecule has 2 aromatic rings. The SMILES string of the molecule is O=C(CNc1ccccc1F)N(c1ccccc1)[C@@H]1C=CS(=O)(=O)C1. The summed E-state index contributed by atoms with van der Waals surface area (Å²) in [5.74, 6) is -0.959. The van der Waals surface area contributed by atoms with Crippen molar-refractivity contribution in [2.75, 3.05) is 22.5 Å². The molecule has 0 saturated heterocycles. The number of sulfone groups is 1. The number of amides is 1. The highest BCUT2D eigenvalue weighted by Gasteiger charge is 2.31. The Hall–Kier alpha value is -2.67. The Balaban J connectivity index is 1.81. The summed E-state index contributed by atoms with van der Waals surface area (Å²) in [6.45, 7) is -0.153. The number of carbonyl (C=O) groups is 1. The number of carbonyl (C=O) groups excluding carboxylic acids is 1. The molecule has 0 unspecified atom stereocenters. The van der Waals surface area contributed by atoms with Gasteiger partial charge in [0.15, 0.2) is 9.84 Å². The van der Waals surface area contributed by atoms with Crippen LogP contribution in [0.5, 0.6) is 0 Å². The van der Waals surface area contributed by atoms with Crippen molar-refractivity contribution in [3.8, 4) is 0 Å². The Morgan fingerprint density at radius 2 is 1.80 bits per heavy atom. The lowest BCUT2D eigenvalue weighted by Crippen LogP contribution is -2.44. The minimum atomic E-state index is -3.31. The number of benzene rings is 2. The molecule has 1 aliphatic rings. The Kier molecular flexibility index (Phi) is 4.85. The smallest absolute Gasteiger partial charge is 0.246 e. The van der Waals surface area contributed by atoms with Crippen molar-refractivity contribution >= 4 is 27.1 Å². The van der Waals surface area contributed by atoms with Gasteiger partial charge in [-0.3, -0.25) is 4.79 Å². The molecule has 1 heterocycles. The van der Waals surface area contributed by atoms with E-state index in [4.69, 9.17) is 0 Å². The molecule has 0 bridgehead atoms. The molecule has 5 nitrogen and oxygen atoms in total. The summed E-state index contributed by atoms with van der Waals surface area (Å²) >= 11 is 0. The van der Waals surface area contributed by atoms with E-state index in [2.05, 4.69) is 5.32 Å². The second-order valence-corrected chi connectivity index (χ2v) is 7.59. The molecule has 0 radical (unpaired) electrons. The molecule has 0 spiro atoms. The zero-order valence-electron chi connectivity index (χ0n) is 13.3. The highest BCUT2D eigenvalue weighted by molar-refractivity contribution is 7.94. The van der Waals surface area contributed by atoms with Gasteiger partial charge >= 0.3 is 0 Å². The molecular formula is C18H17FN2O3S. The lowest BCUT2D eigenvalue weighted by molar-refractivity contribution is -0.117. The highest BCUT2D eigenvalue weighted by atomic mass is 32.2. The maximum atomic E-state index is 13.7. The van der Waals surface area contributed by atoms with Crippen molar-refractivity contribution in [2.45, 2.75) is 6.04 Å². The van der Waals surface area contributed by atoms with Crippen LogP contribution in [-0.4, -0.2) is 32.7 Å². The van der Waals surface area contributed by atoms with Gasteiger partial charge in [-0.2, -0.15) is 0 Å². The van der Waals surface area contributed by atoms with E-state index in [0.29, 0.717) is 5.69 Å². The van der Waals surface area contributed by atoms with E-state index in [1.807, 2.05) is 6.07 Å². The Labute approximate surface area is 145 Å². The first-order valence-electron chi connectivity index (χ1n) is 7.73. The minimum absolute atomic E-state index is 0.153. The monoisotopic (exact) mass is 360 g/mol. The van der Waals surface area contributed by atoms with Crippen LogP contribution < -0.4 is 10.2 Å². The van der Waals surface area contributed by atoms with Crippen LogP contribution in [0.15, 0.2) is 66.1 Å². The Morgan fingerprint density at radius 1 is 1.12 bits per heavy atom. The second-order valence-electron chi connectivity index (χ2n) is 5.66. The number of halogens is 1. The standard InChI is InChI=1S/C18H17FN2O3S/c19-16-8-4-5-9-17(16)20-12-18(22)21(14-6-2-1-3-7-14)15-10-11-25(23,24)13-15/h1-11,15,20H,12-13H2/t15-/m1/s1. The van der Waals surface area contributed by atoms with E-state index in [-0.39, 0.29) is 23.9 Å². The number of para-hydroxylation sites is 2. The fraction of sp³-hybridized carbons (Fsp3) is 0.167. The van der Waals surface area contributed by atoms with E-state index in [0.717, 1.165) is 5.41 Å². The molecule has 1 N–H and O–H groups in total. The van der Waals surface area contributed by atoms with Gasteiger partial charge in [-0.1, -0.05) is 30.3 Å². The van der Waals surface area contributed by atoms with E-state index < -0.39 is 21.7 Å². The van der Waals surface area contributed by atoms with Gasteiger partial charge < -0.3 is 10.2 Å². The number of anilines is 2. The first-order chi connectivity index (χ1) is 12.0. The van der Waals surface area contributed by atoms with Gasteiger partial charge in [0.25, 0.3) is 0 Å². The summed E-state index contributed by atoms with van der Waals surface area (Å²) in [4.78, 5) is 14.2. The molecule has 2 aromatic carbocycles. The summed E-state index contributed by atoms with van der Waals surface area (Å²) in [5.41, 5.74) is 0.813. The number of nitrogens with one attached hydrogen (secondary N) is 1. The molecule has 0 fully saturated rings. The van der Waals surface area contributed by atoms with Crippen molar-refractivity contribution in [1.82, 2.24) is 0 Å². The number of hydrogen-bond acceptors (Lipinski definition) is 4. The second kappa shape index (κ2) is 7.06. The Morgan fingerprint density at radius 3 is 2.44 bits per heavy atom. The molecule has 0 aliphatic carbocycles. The summed E-state index contributed by atoms with van der Waals surface area (Å²) < 4.78 is 37.2. The van der Waals surface area contributed by atoms with Crippen LogP contribution in [-0.2, 0) is 14.6 Å². The maximum Gasteiger partial charge on any atom is 0.246 e. The molecule has 25 heavy (non-hydrogen) atoms. The quantitative estimate of drug-likeness (QED) is 0.890. The van der Waals surface area contributed by atoms with E-state index in [1.54, 1.807) is 36.4 Å². The first kappa shape index (κ1) is 17.2. The molecule has 7 heteroatoms. The summed E-state index contributed by atoms with van der Waals surface area (Å²) in [7, 11) is -3.31. The largest absolute Gasteiger partial charge is 0.374 e. The van der Waals surface area contributed by atoms with Gasteiger partial charge in [-0.15, -0.1) is 0 Å². The van der Waals surface area contributed by atoms with Gasteiger partial charge in [-0.05, 0) is 30.3 Å². The summed E-state index contributed by atoms with van der Waals surface area (Å²) in [6, 6.07) is 14.3. The van der Waals surface area contributed by atoms with E-state index in [1.165, 1.54) is 23.1 Å². The maximum absolute atomic E-state index is 13.7. The predicted octanol–water partition coefficient (Wildman–Crippen LogP) is 2.58. The molecule has 1 atom stereocenters. The van der Waals surface area contributed by atoms with Gasteiger partial charge in [-0.25, -0.2) is 12.8 Å². The zero-order valence-corrected chi connectivity index (χ0v) is 14.1. The van der Waals surface area contributed by atoms with Crippen molar-refractivity contribution in [1.29, 1.82) is 0 Å². The average Bonchev–Trinajstić information content (AvgIpc) is 2.95. The van der Waals surface area contributed by atoms with Gasteiger partial charge in [0.1, 0.15) is 5.82 Å². The number of nitrogens with zero attached hydrogens (tertiary/aromatic N) is 1. The van der Waals surface area contributed by atoms with Crippen molar-refractivity contribution < 1.29 is 17.6 Å². The lowest BCUT2D eigenvalue weighted by Gasteiger charge is -2.28. The van der Waals surface area contributed by atoms with Crippen LogP contribution in [0.25, 0.3) is 0 Å². The molecule has 0 saturated carbocycles. The van der Waals surface area contributed by atoms with Crippen LogP contribution in [0.1, 0.15) is 0 Å². The van der Waals surface area contributed by atoms with Crippen LogP contribution in [0.2, 0.25) is 0 Å². The average molecular weight is 360 g/mol. The Bertz CT molecular complexity index is 898. The van der Waals surface area contributed by atoms with E-state index in [9.17, 15) is 17.6 Å². The molecule has 3 rings (SSSR count). The van der Waals surface area contributed by atoms with Crippen LogP contribution in [0.4, 0.5) is 15.8 Å². The molecular weight excluding hydrogens is 343 g/mol. The van der Waals surface area contributed by atoms with Crippen molar-refractivity contribution in [2.24, 2.45) is 0 Å². The third kappa shape index (κ3) is 4.06. The molecule has 130 valence electrons. The molecule has 1 aliphatic heterocycles. The van der Waals surface area contributed by atoms with Crippen LogP contribution in [0.3, 0.4) is 0 Å². The van der Waals surface area contributed by atoms with Crippen LogP contribution in [0, 0.1) is 5.82 Å². The third-order valence-corrected chi connectivity index (χ3v) is 5.23. The fourth-order valence-electron chi connectivity index (χ4n) is 2.69. The normalized spacial score (nSPS) is 18.0. The van der Waals surface area contributed by atoms with E-state index >= 15 is 0 Å². The zero-order chi connectivity index (χ0) is 17.9. The molecule has 0 aromatic heterocycles. The number of hydrogen-bond donors (Lipinski definition) is 1. The van der Waals surface area contributed by atoms with Gasteiger partial charge in [0, 0.05) is 11.1 Å². The highest BCUT2D eigenvalue weighted by Crippen LogP contribution is 2.23. The van der Waals surface area contributed by atoms with Crippen molar-refractivity contribution in [3.63, 3.8) is 0 Å². The van der Waals surface area contributed by atoms with Gasteiger partial charge in [0.2, 0.25) is 5.91 Å². The lowest BCUT2D eigenvalue weighted by atomic mass is 10.2.